The Morgan fingerprint density at radius 1 is 1.32 bits per heavy atom. The molecule has 1 atom stereocenters. The average Bonchev–Trinajstić information content (AvgIpc) is 2.71. The van der Waals surface area contributed by atoms with Crippen LogP contribution >= 0.6 is 11.8 Å². The molecule has 1 aromatic carbocycles. The van der Waals surface area contributed by atoms with Crippen LogP contribution in [0, 0.1) is 0 Å². The summed E-state index contributed by atoms with van der Waals surface area (Å²) in [6, 6.07) is 8.73. The van der Waals surface area contributed by atoms with Crippen LogP contribution in [0.2, 0.25) is 0 Å². The standard InChI is InChI=1S/C14H18N2O2S/c1-19-9-5-8-15-12-10-13(17)16(14(12)18)11-6-3-2-4-7-11/h2-4,6-7,12,15H,5,8-10H2,1H3. The third-order valence-corrected chi connectivity index (χ3v) is 3.77. The van der Waals surface area contributed by atoms with Crippen LogP contribution in [0.1, 0.15) is 12.8 Å². The molecule has 0 radical (unpaired) electrons. The van der Waals surface area contributed by atoms with Crippen molar-refractivity contribution in [1.82, 2.24) is 5.32 Å². The normalized spacial score (nSPS) is 19.2. The van der Waals surface area contributed by atoms with Gasteiger partial charge in [-0.05, 0) is 37.1 Å². The van der Waals surface area contributed by atoms with E-state index in [2.05, 4.69) is 11.6 Å². The fraction of sp³-hybridized carbons (Fsp3) is 0.429. The van der Waals surface area contributed by atoms with E-state index in [0.29, 0.717) is 5.69 Å². The summed E-state index contributed by atoms with van der Waals surface area (Å²) in [5, 5.41) is 3.17. The molecule has 1 aliphatic rings. The number of hydrogen-bond acceptors (Lipinski definition) is 4. The van der Waals surface area contributed by atoms with Gasteiger partial charge in [-0.2, -0.15) is 11.8 Å². The van der Waals surface area contributed by atoms with Gasteiger partial charge in [0.2, 0.25) is 5.91 Å². The summed E-state index contributed by atoms with van der Waals surface area (Å²) in [5.41, 5.74) is 0.658. The van der Waals surface area contributed by atoms with Crippen LogP contribution in [0.5, 0.6) is 0 Å². The molecule has 4 nitrogen and oxygen atoms in total. The van der Waals surface area contributed by atoms with E-state index in [9.17, 15) is 9.59 Å². The van der Waals surface area contributed by atoms with E-state index in [4.69, 9.17) is 0 Å². The first-order valence-electron chi connectivity index (χ1n) is 6.38. The van der Waals surface area contributed by atoms with Crippen molar-refractivity contribution < 1.29 is 9.59 Å². The lowest BCUT2D eigenvalue weighted by Gasteiger charge is -2.15. The summed E-state index contributed by atoms with van der Waals surface area (Å²) in [6.07, 6.45) is 3.32. The number of anilines is 1. The first-order valence-corrected chi connectivity index (χ1v) is 7.77. The molecule has 19 heavy (non-hydrogen) atoms. The molecule has 0 spiro atoms. The predicted octanol–water partition coefficient (Wildman–Crippen LogP) is 1.66. The van der Waals surface area contributed by atoms with E-state index >= 15 is 0 Å². The molecular formula is C14H18N2O2S. The largest absolute Gasteiger partial charge is 0.305 e. The highest BCUT2D eigenvalue weighted by Crippen LogP contribution is 2.22. The minimum Gasteiger partial charge on any atom is -0.305 e. The van der Waals surface area contributed by atoms with E-state index in [1.807, 2.05) is 18.2 Å². The quantitative estimate of drug-likeness (QED) is 0.635. The Labute approximate surface area is 117 Å². The lowest BCUT2D eigenvalue weighted by molar-refractivity contribution is -0.121. The SMILES string of the molecule is CSCCCNC1CC(=O)N(c2ccccc2)C1=O. The number of hydrogen-bond donors (Lipinski definition) is 1. The molecule has 102 valence electrons. The number of imide groups is 1. The molecule has 1 heterocycles. The van der Waals surface area contributed by atoms with Gasteiger partial charge in [0, 0.05) is 0 Å². The maximum absolute atomic E-state index is 12.2. The molecule has 1 fully saturated rings. The van der Waals surface area contributed by atoms with Crippen LogP contribution in [0.3, 0.4) is 0 Å². The fourth-order valence-electron chi connectivity index (χ4n) is 2.13. The second kappa shape index (κ2) is 6.73. The summed E-state index contributed by atoms with van der Waals surface area (Å²) in [6.45, 7) is 0.771. The van der Waals surface area contributed by atoms with Crippen molar-refractivity contribution in [2.45, 2.75) is 18.9 Å². The Balaban J connectivity index is 1.97. The van der Waals surface area contributed by atoms with Crippen LogP contribution in [-0.2, 0) is 9.59 Å². The number of carbonyl (C=O) groups excluding carboxylic acids is 2. The second-order valence-electron chi connectivity index (χ2n) is 4.46. The molecule has 0 saturated carbocycles. The Hall–Kier alpha value is -1.33. The smallest absolute Gasteiger partial charge is 0.251 e. The lowest BCUT2D eigenvalue weighted by atomic mass is 10.2. The van der Waals surface area contributed by atoms with Gasteiger partial charge in [0.05, 0.1) is 18.2 Å². The lowest BCUT2D eigenvalue weighted by Crippen LogP contribution is -2.39. The zero-order chi connectivity index (χ0) is 13.7. The Bertz CT molecular complexity index is 450. The third-order valence-electron chi connectivity index (χ3n) is 3.08. The maximum Gasteiger partial charge on any atom is 0.251 e. The number of para-hydroxylation sites is 1. The van der Waals surface area contributed by atoms with Crippen LogP contribution < -0.4 is 10.2 Å². The van der Waals surface area contributed by atoms with Gasteiger partial charge in [-0.1, -0.05) is 18.2 Å². The highest BCUT2D eigenvalue weighted by molar-refractivity contribution is 7.98. The average molecular weight is 278 g/mol. The molecule has 5 heteroatoms. The Kier molecular flexibility index (Phi) is 4.99. The van der Waals surface area contributed by atoms with Crippen molar-refractivity contribution in [3.63, 3.8) is 0 Å². The van der Waals surface area contributed by atoms with Gasteiger partial charge in [0.25, 0.3) is 5.91 Å². The summed E-state index contributed by atoms with van der Waals surface area (Å²) >= 11 is 1.78. The molecule has 1 saturated heterocycles. The Morgan fingerprint density at radius 3 is 2.74 bits per heavy atom. The molecule has 0 aromatic heterocycles. The van der Waals surface area contributed by atoms with Gasteiger partial charge in [-0.25, -0.2) is 4.90 Å². The number of rotatable bonds is 6. The molecular weight excluding hydrogens is 260 g/mol. The molecule has 0 aliphatic carbocycles. The molecule has 0 bridgehead atoms. The second-order valence-corrected chi connectivity index (χ2v) is 5.45. The summed E-state index contributed by atoms with van der Waals surface area (Å²) in [4.78, 5) is 25.4. The molecule has 1 N–H and O–H groups in total. The molecule has 1 aromatic rings. The minimum atomic E-state index is -0.366. The molecule has 1 aliphatic heterocycles. The predicted molar refractivity (Wildman–Crippen MR) is 78.3 cm³/mol. The topological polar surface area (TPSA) is 49.4 Å². The van der Waals surface area contributed by atoms with Gasteiger partial charge in [-0.15, -0.1) is 0 Å². The van der Waals surface area contributed by atoms with Crippen LogP contribution in [0.4, 0.5) is 5.69 Å². The first-order chi connectivity index (χ1) is 9.24. The van der Waals surface area contributed by atoms with Gasteiger partial charge in [0.1, 0.15) is 0 Å². The maximum atomic E-state index is 12.2. The van der Waals surface area contributed by atoms with Crippen molar-refractivity contribution in [2.24, 2.45) is 0 Å². The van der Waals surface area contributed by atoms with Crippen LogP contribution in [0.25, 0.3) is 0 Å². The van der Waals surface area contributed by atoms with Gasteiger partial charge in [-0.3, -0.25) is 9.59 Å². The van der Waals surface area contributed by atoms with Crippen LogP contribution in [-0.4, -0.2) is 36.4 Å². The van der Waals surface area contributed by atoms with Gasteiger partial charge >= 0.3 is 0 Å². The van der Waals surface area contributed by atoms with Crippen molar-refractivity contribution in [3.8, 4) is 0 Å². The van der Waals surface area contributed by atoms with E-state index < -0.39 is 0 Å². The van der Waals surface area contributed by atoms with E-state index in [1.165, 1.54) is 4.90 Å². The van der Waals surface area contributed by atoms with Crippen molar-refractivity contribution in [2.75, 3.05) is 23.5 Å². The van der Waals surface area contributed by atoms with E-state index in [-0.39, 0.29) is 24.3 Å². The van der Waals surface area contributed by atoms with Crippen molar-refractivity contribution in [1.29, 1.82) is 0 Å². The molecule has 2 rings (SSSR count). The Morgan fingerprint density at radius 2 is 2.05 bits per heavy atom. The zero-order valence-corrected chi connectivity index (χ0v) is 11.8. The van der Waals surface area contributed by atoms with E-state index in [0.717, 1.165) is 18.7 Å². The van der Waals surface area contributed by atoms with E-state index in [1.54, 1.807) is 23.9 Å². The van der Waals surface area contributed by atoms with Crippen LogP contribution in [0.15, 0.2) is 30.3 Å². The van der Waals surface area contributed by atoms with Gasteiger partial charge in [0.15, 0.2) is 0 Å². The summed E-state index contributed by atoms with van der Waals surface area (Å²) in [5.74, 6) is 0.795. The molecule has 2 amide bonds. The van der Waals surface area contributed by atoms with Crippen molar-refractivity contribution >= 4 is 29.3 Å². The number of benzene rings is 1. The van der Waals surface area contributed by atoms with Gasteiger partial charge < -0.3 is 5.32 Å². The number of nitrogens with zero attached hydrogens (tertiary/aromatic N) is 1. The number of thioether (sulfide) groups is 1. The fourth-order valence-corrected chi connectivity index (χ4v) is 2.57. The van der Waals surface area contributed by atoms with Crippen molar-refractivity contribution in [3.05, 3.63) is 30.3 Å². The highest BCUT2D eigenvalue weighted by atomic mass is 32.2. The monoisotopic (exact) mass is 278 g/mol. The highest BCUT2D eigenvalue weighted by Gasteiger charge is 2.38. The zero-order valence-electron chi connectivity index (χ0n) is 11.0. The number of amides is 2. The summed E-state index contributed by atoms with van der Waals surface area (Å²) in [7, 11) is 0. The minimum absolute atomic E-state index is 0.126. The first kappa shape index (κ1) is 14.1. The molecule has 1 unspecified atom stereocenters. The third kappa shape index (κ3) is 3.36. The number of nitrogens with one attached hydrogen (secondary N) is 1. The summed E-state index contributed by atoms with van der Waals surface area (Å²) < 4.78 is 0. The number of carbonyl (C=O) groups is 2.